The Hall–Kier alpha value is -2.58. The lowest BCUT2D eigenvalue weighted by Crippen LogP contribution is -2.31. The molecular formula is C19H20ClN3O4S. The number of hydrogen-bond acceptors (Lipinski definition) is 5. The summed E-state index contributed by atoms with van der Waals surface area (Å²) >= 11 is 5.91. The third-order valence-corrected chi connectivity index (χ3v) is 5.63. The summed E-state index contributed by atoms with van der Waals surface area (Å²) in [6, 6.07) is 12.7. The van der Waals surface area contributed by atoms with Crippen LogP contribution in [0, 0.1) is 0 Å². The third kappa shape index (κ3) is 5.24. The van der Waals surface area contributed by atoms with E-state index in [0.29, 0.717) is 35.3 Å². The number of amides is 1. The number of carbonyl (C=O) groups excluding carboxylic acids is 1. The van der Waals surface area contributed by atoms with Gasteiger partial charge in [-0.1, -0.05) is 23.7 Å². The first-order valence-electron chi connectivity index (χ1n) is 8.73. The zero-order valence-corrected chi connectivity index (χ0v) is 16.8. The van der Waals surface area contributed by atoms with E-state index in [1.165, 1.54) is 12.1 Å². The maximum Gasteiger partial charge on any atom is 0.265 e. The smallest absolute Gasteiger partial charge is 0.265 e. The van der Waals surface area contributed by atoms with Crippen molar-refractivity contribution in [3.05, 3.63) is 53.6 Å². The fraction of sp³-hybridized carbons (Fsp3) is 0.263. The Morgan fingerprint density at radius 3 is 2.71 bits per heavy atom. The average Bonchev–Trinajstić information content (AvgIpc) is 3.14. The summed E-state index contributed by atoms with van der Waals surface area (Å²) in [5, 5.41) is 3.17. The Morgan fingerprint density at radius 1 is 1.21 bits per heavy atom. The number of benzene rings is 2. The first kappa shape index (κ1) is 20.2. The van der Waals surface area contributed by atoms with Crippen LogP contribution in [0.3, 0.4) is 0 Å². The molecule has 1 amide bonds. The fourth-order valence-corrected chi connectivity index (χ4v) is 3.93. The van der Waals surface area contributed by atoms with Crippen LogP contribution in [0.25, 0.3) is 0 Å². The van der Waals surface area contributed by atoms with Gasteiger partial charge in [0, 0.05) is 23.7 Å². The SMILES string of the molecule is C[C@H](Oc1cccc(Cl)c1)C(=O)Nc1cccc(S(=O)(=O)NC2=NCCC2)c1. The van der Waals surface area contributed by atoms with E-state index in [1.807, 2.05) is 0 Å². The Bertz CT molecular complexity index is 1010. The highest BCUT2D eigenvalue weighted by atomic mass is 35.5. The third-order valence-electron chi connectivity index (χ3n) is 4.02. The first-order chi connectivity index (χ1) is 13.3. The lowest BCUT2D eigenvalue weighted by atomic mass is 10.3. The number of amidine groups is 1. The predicted octanol–water partition coefficient (Wildman–Crippen LogP) is 3.22. The minimum absolute atomic E-state index is 0.0447. The summed E-state index contributed by atoms with van der Waals surface area (Å²) < 4.78 is 33.0. The highest BCUT2D eigenvalue weighted by molar-refractivity contribution is 7.90. The minimum Gasteiger partial charge on any atom is -0.481 e. The van der Waals surface area contributed by atoms with E-state index < -0.39 is 22.0 Å². The summed E-state index contributed by atoms with van der Waals surface area (Å²) in [7, 11) is -3.75. The molecule has 0 spiro atoms. The van der Waals surface area contributed by atoms with Crippen LogP contribution in [-0.2, 0) is 14.8 Å². The van der Waals surface area contributed by atoms with Gasteiger partial charge in [-0.15, -0.1) is 0 Å². The Labute approximate surface area is 168 Å². The molecule has 148 valence electrons. The van der Waals surface area contributed by atoms with E-state index in [-0.39, 0.29) is 4.90 Å². The standard InChI is InChI=1S/C19H20ClN3O4S/c1-13(27-16-7-2-5-14(20)11-16)19(24)22-15-6-3-8-17(12-15)28(25,26)23-18-9-4-10-21-18/h2-3,5-8,11-13H,4,9-10H2,1H3,(H,21,23)(H,22,24)/t13-/m0/s1. The average molecular weight is 422 g/mol. The maximum absolute atomic E-state index is 12.5. The normalized spacial score (nSPS) is 14.9. The van der Waals surface area contributed by atoms with Gasteiger partial charge >= 0.3 is 0 Å². The van der Waals surface area contributed by atoms with Crippen LogP contribution >= 0.6 is 11.6 Å². The topological polar surface area (TPSA) is 96.9 Å². The van der Waals surface area contributed by atoms with Crippen LogP contribution in [0.2, 0.25) is 5.02 Å². The number of anilines is 1. The van der Waals surface area contributed by atoms with Gasteiger partial charge in [-0.25, -0.2) is 8.42 Å². The quantitative estimate of drug-likeness (QED) is 0.748. The molecule has 1 heterocycles. The number of carbonyl (C=O) groups is 1. The number of halogens is 1. The van der Waals surface area contributed by atoms with Crippen molar-refractivity contribution in [1.29, 1.82) is 0 Å². The van der Waals surface area contributed by atoms with Crippen LogP contribution in [0.1, 0.15) is 19.8 Å². The largest absolute Gasteiger partial charge is 0.481 e. The van der Waals surface area contributed by atoms with Gasteiger partial charge in [-0.05, 0) is 49.7 Å². The van der Waals surface area contributed by atoms with Crippen LogP contribution in [0.15, 0.2) is 58.4 Å². The van der Waals surface area contributed by atoms with Gasteiger partial charge in [0.2, 0.25) is 0 Å². The van der Waals surface area contributed by atoms with Gasteiger partial charge in [0.1, 0.15) is 11.6 Å². The van der Waals surface area contributed by atoms with Crippen LogP contribution in [0.4, 0.5) is 5.69 Å². The number of hydrogen-bond donors (Lipinski definition) is 2. The molecular weight excluding hydrogens is 402 g/mol. The van der Waals surface area contributed by atoms with Gasteiger partial charge in [-0.3, -0.25) is 14.5 Å². The number of rotatable bonds is 6. The first-order valence-corrected chi connectivity index (χ1v) is 10.6. The highest BCUT2D eigenvalue weighted by Crippen LogP contribution is 2.20. The van der Waals surface area contributed by atoms with Gasteiger partial charge in [0.05, 0.1) is 4.90 Å². The van der Waals surface area contributed by atoms with E-state index in [1.54, 1.807) is 43.3 Å². The number of nitrogens with one attached hydrogen (secondary N) is 2. The molecule has 3 rings (SSSR count). The highest BCUT2D eigenvalue weighted by Gasteiger charge is 2.20. The van der Waals surface area contributed by atoms with Crippen molar-refractivity contribution in [2.75, 3.05) is 11.9 Å². The molecule has 28 heavy (non-hydrogen) atoms. The van der Waals surface area contributed by atoms with E-state index in [9.17, 15) is 13.2 Å². The van der Waals surface area contributed by atoms with Gasteiger partial charge in [0.15, 0.2) is 6.10 Å². The molecule has 1 aliphatic heterocycles. The summed E-state index contributed by atoms with van der Waals surface area (Å²) in [4.78, 5) is 16.5. The van der Waals surface area contributed by atoms with Gasteiger partial charge in [-0.2, -0.15) is 0 Å². The Morgan fingerprint density at radius 2 is 2.00 bits per heavy atom. The zero-order chi connectivity index (χ0) is 20.1. The van der Waals surface area contributed by atoms with Crippen molar-refractivity contribution < 1.29 is 17.9 Å². The molecule has 0 aliphatic carbocycles. The number of nitrogens with zero attached hydrogens (tertiary/aromatic N) is 1. The molecule has 1 aliphatic rings. The summed E-state index contributed by atoms with van der Waals surface area (Å²) in [6.45, 7) is 2.22. The van der Waals surface area contributed by atoms with E-state index in [4.69, 9.17) is 16.3 Å². The monoisotopic (exact) mass is 421 g/mol. The number of aliphatic imine (C=N–C) groups is 1. The number of ether oxygens (including phenoxy) is 1. The molecule has 1 atom stereocenters. The predicted molar refractivity (Wildman–Crippen MR) is 108 cm³/mol. The van der Waals surface area contributed by atoms with Crippen LogP contribution in [-0.4, -0.2) is 32.8 Å². The zero-order valence-electron chi connectivity index (χ0n) is 15.2. The summed E-state index contributed by atoms with van der Waals surface area (Å²) in [6.07, 6.45) is 0.636. The molecule has 2 aromatic carbocycles. The van der Waals surface area contributed by atoms with Crippen molar-refractivity contribution in [3.8, 4) is 5.75 Å². The van der Waals surface area contributed by atoms with Crippen LogP contribution < -0.4 is 14.8 Å². The molecule has 0 saturated heterocycles. The maximum atomic E-state index is 12.5. The van der Waals surface area contributed by atoms with Crippen molar-refractivity contribution >= 4 is 39.1 Å². The van der Waals surface area contributed by atoms with Crippen molar-refractivity contribution in [3.63, 3.8) is 0 Å². The summed E-state index contributed by atoms with van der Waals surface area (Å²) in [5.41, 5.74) is 0.350. The molecule has 0 saturated carbocycles. The molecule has 0 radical (unpaired) electrons. The molecule has 0 fully saturated rings. The Kier molecular flexibility index (Phi) is 6.21. The molecule has 2 N–H and O–H groups in total. The van der Waals surface area contributed by atoms with Gasteiger partial charge in [0.25, 0.3) is 15.9 Å². The second kappa shape index (κ2) is 8.62. The second-order valence-corrected chi connectivity index (χ2v) is 8.39. The lowest BCUT2D eigenvalue weighted by molar-refractivity contribution is -0.122. The molecule has 2 aromatic rings. The van der Waals surface area contributed by atoms with Crippen molar-refractivity contribution in [2.45, 2.75) is 30.8 Å². The molecule has 7 nitrogen and oxygen atoms in total. The second-order valence-electron chi connectivity index (χ2n) is 6.27. The van der Waals surface area contributed by atoms with E-state index in [2.05, 4.69) is 15.0 Å². The molecule has 9 heteroatoms. The van der Waals surface area contributed by atoms with Crippen molar-refractivity contribution in [2.24, 2.45) is 4.99 Å². The van der Waals surface area contributed by atoms with E-state index in [0.717, 1.165) is 6.42 Å². The van der Waals surface area contributed by atoms with Crippen molar-refractivity contribution in [1.82, 2.24) is 4.72 Å². The minimum atomic E-state index is -3.75. The Balaban J connectivity index is 1.67. The van der Waals surface area contributed by atoms with E-state index >= 15 is 0 Å². The van der Waals surface area contributed by atoms with Crippen LogP contribution in [0.5, 0.6) is 5.75 Å². The lowest BCUT2D eigenvalue weighted by Gasteiger charge is -2.15. The fourth-order valence-electron chi connectivity index (χ4n) is 2.62. The number of sulfonamides is 1. The molecule has 0 bridgehead atoms. The molecule has 0 aromatic heterocycles. The summed E-state index contributed by atoms with van der Waals surface area (Å²) in [5.74, 6) is 0.508. The molecule has 0 unspecified atom stereocenters. The van der Waals surface area contributed by atoms with Gasteiger partial charge < -0.3 is 10.1 Å².